The van der Waals surface area contributed by atoms with Crippen molar-refractivity contribution in [3.63, 3.8) is 0 Å². The maximum absolute atomic E-state index is 6.65. The van der Waals surface area contributed by atoms with Gasteiger partial charge in [0.25, 0.3) is 0 Å². The minimum Gasteiger partial charge on any atom is -0.490 e. The number of hydrogen-bond donors (Lipinski definition) is 1. The lowest BCUT2D eigenvalue weighted by molar-refractivity contribution is 0.146. The highest BCUT2D eigenvalue weighted by atomic mass is 35.5. The zero-order chi connectivity index (χ0) is 27.7. The zero-order valence-corrected chi connectivity index (χ0v) is 24.7. The van der Waals surface area contributed by atoms with Crippen molar-refractivity contribution in [2.24, 2.45) is 0 Å². The Morgan fingerprint density at radius 3 is 2.51 bits per heavy atom. The number of ether oxygens (including phenoxy) is 2. The largest absolute Gasteiger partial charge is 0.490 e. The number of aryl methyl sites for hydroxylation is 1. The molecule has 3 heterocycles. The molecule has 4 aromatic rings. The van der Waals surface area contributed by atoms with Crippen LogP contribution < -0.4 is 15.0 Å². The predicted molar refractivity (Wildman–Crippen MR) is 162 cm³/mol. The standard InChI is InChI=1S/C29H27Cl3N4O2S/c1-17-15-20(18(2)35(17)24-9-6-7-21(30)26(24)32)28-27(23-8-4-5-12-33-23)34-29(39)36(28)19-10-11-25(22(31)16-19)38-14-13-37-3/h4-12,15-16,27-28H,13-14H2,1-3H3,(H,34,39)/t27-,28-/m1/s1. The van der Waals surface area contributed by atoms with E-state index in [1.54, 1.807) is 19.4 Å². The summed E-state index contributed by atoms with van der Waals surface area (Å²) in [7, 11) is 1.63. The molecule has 1 saturated heterocycles. The first-order chi connectivity index (χ1) is 18.8. The van der Waals surface area contributed by atoms with Crippen molar-refractivity contribution in [2.75, 3.05) is 25.2 Å². The van der Waals surface area contributed by atoms with Gasteiger partial charge in [-0.1, -0.05) is 46.9 Å². The summed E-state index contributed by atoms with van der Waals surface area (Å²) in [6.07, 6.45) is 1.79. The number of aromatic nitrogens is 2. The van der Waals surface area contributed by atoms with Crippen LogP contribution in [0.25, 0.3) is 5.69 Å². The van der Waals surface area contributed by atoms with Gasteiger partial charge in [0.15, 0.2) is 5.11 Å². The molecule has 2 aromatic carbocycles. The van der Waals surface area contributed by atoms with E-state index in [2.05, 4.69) is 39.7 Å². The van der Waals surface area contributed by atoms with Gasteiger partial charge in [-0.15, -0.1) is 0 Å². The molecular formula is C29H27Cl3N4O2S. The lowest BCUT2D eigenvalue weighted by Gasteiger charge is -2.28. The van der Waals surface area contributed by atoms with Gasteiger partial charge in [0.1, 0.15) is 12.4 Å². The van der Waals surface area contributed by atoms with Gasteiger partial charge in [0, 0.05) is 30.4 Å². The summed E-state index contributed by atoms with van der Waals surface area (Å²) in [6.45, 7) is 5.01. The van der Waals surface area contributed by atoms with Crippen LogP contribution >= 0.6 is 47.0 Å². The van der Waals surface area contributed by atoms with E-state index in [9.17, 15) is 0 Å². The molecule has 1 fully saturated rings. The van der Waals surface area contributed by atoms with Gasteiger partial charge in [0.05, 0.1) is 45.1 Å². The molecule has 0 unspecified atom stereocenters. The van der Waals surface area contributed by atoms with E-state index in [-0.39, 0.29) is 12.1 Å². The van der Waals surface area contributed by atoms with Gasteiger partial charge < -0.3 is 24.3 Å². The summed E-state index contributed by atoms with van der Waals surface area (Å²) >= 11 is 25.6. The fourth-order valence-corrected chi connectivity index (χ4v) is 6.02. The van der Waals surface area contributed by atoms with E-state index < -0.39 is 0 Å². The smallest absolute Gasteiger partial charge is 0.174 e. The number of anilines is 1. The summed E-state index contributed by atoms with van der Waals surface area (Å²) in [5.74, 6) is 0.585. The number of rotatable bonds is 8. The molecule has 1 N–H and O–H groups in total. The van der Waals surface area contributed by atoms with Gasteiger partial charge in [-0.3, -0.25) is 4.98 Å². The van der Waals surface area contributed by atoms with Crippen molar-refractivity contribution in [1.82, 2.24) is 14.9 Å². The molecule has 10 heteroatoms. The Hall–Kier alpha value is -2.81. The average Bonchev–Trinajstić information content (AvgIpc) is 3.42. The summed E-state index contributed by atoms with van der Waals surface area (Å²) in [5, 5.41) is 5.57. The highest BCUT2D eigenvalue weighted by molar-refractivity contribution is 7.80. The molecular weight excluding hydrogens is 575 g/mol. The second-order valence-corrected chi connectivity index (χ2v) is 10.8. The van der Waals surface area contributed by atoms with Crippen molar-refractivity contribution in [3.8, 4) is 11.4 Å². The number of pyridine rings is 1. The maximum Gasteiger partial charge on any atom is 0.174 e. The van der Waals surface area contributed by atoms with Gasteiger partial charge >= 0.3 is 0 Å². The number of methoxy groups -OCH3 is 1. The number of nitrogens with one attached hydrogen (secondary N) is 1. The molecule has 202 valence electrons. The number of benzene rings is 2. The summed E-state index contributed by atoms with van der Waals surface area (Å²) in [6, 6.07) is 19.0. The number of nitrogens with zero attached hydrogens (tertiary/aromatic N) is 3. The molecule has 5 rings (SSSR count). The molecule has 0 aliphatic carbocycles. The SMILES string of the molecule is COCCOc1ccc(N2C(=S)N[C@H](c3ccccn3)[C@H]2c2cc(C)n(-c3cccc(Cl)c3Cl)c2C)cc1Cl. The van der Waals surface area contributed by atoms with E-state index in [4.69, 9.17) is 56.5 Å². The van der Waals surface area contributed by atoms with E-state index in [1.165, 1.54) is 0 Å². The summed E-state index contributed by atoms with van der Waals surface area (Å²) in [4.78, 5) is 6.75. The van der Waals surface area contributed by atoms with E-state index in [1.807, 2.05) is 48.5 Å². The maximum atomic E-state index is 6.65. The highest BCUT2D eigenvalue weighted by Gasteiger charge is 2.42. The summed E-state index contributed by atoms with van der Waals surface area (Å²) in [5.41, 5.74) is 5.64. The first kappa shape index (κ1) is 27.7. The monoisotopic (exact) mass is 600 g/mol. The number of hydrogen-bond acceptors (Lipinski definition) is 4. The fraction of sp³-hybridized carbons (Fsp3) is 0.241. The van der Waals surface area contributed by atoms with E-state index >= 15 is 0 Å². The van der Waals surface area contributed by atoms with Crippen molar-refractivity contribution in [2.45, 2.75) is 25.9 Å². The van der Waals surface area contributed by atoms with Crippen LogP contribution in [0.1, 0.15) is 34.7 Å². The topological polar surface area (TPSA) is 51.6 Å². The Bertz CT molecular complexity index is 1510. The third kappa shape index (κ3) is 5.34. The van der Waals surface area contributed by atoms with Crippen LogP contribution in [0.2, 0.25) is 15.1 Å². The average molecular weight is 602 g/mol. The van der Waals surface area contributed by atoms with Crippen molar-refractivity contribution < 1.29 is 9.47 Å². The molecule has 0 radical (unpaired) electrons. The lowest BCUT2D eigenvalue weighted by atomic mass is 9.96. The van der Waals surface area contributed by atoms with Crippen molar-refractivity contribution in [1.29, 1.82) is 0 Å². The van der Waals surface area contributed by atoms with Gasteiger partial charge in [-0.25, -0.2) is 0 Å². The minimum atomic E-state index is -0.221. The molecule has 6 nitrogen and oxygen atoms in total. The van der Waals surface area contributed by atoms with Crippen molar-refractivity contribution >= 4 is 57.8 Å². The molecule has 0 bridgehead atoms. The van der Waals surface area contributed by atoms with Crippen LogP contribution in [0.15, 0.2) is 66.9 Å². The normalized spacial score (nSPS) is 17.0. The molecule has 2 atom stereocenters. The number of halogens is 3. The molecule has 0 spiro atoms. The molecule has 1 aliphatic rings. The molecule has 1 aliphatic heterocycles. The van der Waals surface area contributed by atoms with Crippen LogP contribution in [0, 0.1) is 13.8 Å². The molecule has 0 amide bonds. The van der Waals surface area contributed by atoms with Gasteiger partial charge in [-0.2, -0.15) is 0 Å². The Labute approximate surface area is 248 Å². The predicted octanol–water partition coefficient (Wildman–Crippen LogP) is 7.65. The Kier molecular flexibility index (Phi) is 8.35. The van der Waals surface area contributed by atoms with Gasteiger partial charge in [-0.05, 0) is 80.2 Å². The summed E-state index contributed by atoms with van der Waals surface area (Å²) < 4.78 is 13.0. The lowest BCUT2D eigenvalue weighted by Crippen LogP contribution is -2.29. The Balaban J connectivity index is 1.62. The van der Waals surface area contributed by atoms with Crippen LogP contribution in [-0.4, -0.2) is 35.0 Å². The Morgan fingerprint density at radius 2 is 1.79 bits per heavy atom. The van der Waals surface area contributed by atoms with E-state index in [0.717, 1.165) is 34.0 Å². The molecule has 2 aromatic heterocycles. The first-order valence-electron chi connectivity index (χ1n) is 12.4. The number of thiocarbonyl (C=S) groups is 1. The van der Waals surface area contributed by atoms with Crippen molar-refractivity contribution in [3.05, 3.63) is 105 Å². The molecule has 39 heavy (non-hydrogen) atoms. The van der Waals surface area contributed by atoms with Crippen LogP contribution in [0.4, 0.5) is 5.69 Å². The quantitative estimate of drug-likeness (QED) is 0.165. The first-order valence-corrected chi connectivity index (χ1v) is 13.9. The minimum absolute atomic E-state index is 0.209. The fourth-order valence-electron chi connectivity index (χ4n) is 5.06. The van der Waals surface area contributed by atoms with Crippen LogP contribution in [0.3, 0.4) is 0 Å². The third-order valence-corrected chi connectivity index (χ3v) is 8.22. The Morgan fingerprint density at radius 1 is 0.974 bits per heavy atom. The van der Waals surface area contributed by atoms with Crippen LogP contribution in [-0.2, 0) is 4.74 Å². The second kappa shape index (κ2) is 11.7. The zero-order valence-electron chi connectivity index (χ0n) is 21.6. The molecule has 0 saturated carbocycles. The van der Waals surface area contributed by atoms with E-state index in [0.29, 0.717) is 39.1 Å². The van der Waals surface area contributed by atoms with Gasteiger partial charge in [0.2, 0.25) is 0 Å². The van der Waals surface area contributed by atoms with Crippen LogP contribution in [0.5, 0.6) is 5.75 Å². The third-order valence-electron chi connectivity index (χ3n) is 6.80. The highest BCUT2D eigenvalue weighted by Crippen LogP contribution is 2.45. The second-order valence-electron chi connectivity index (χ2n) is 9.19.